The first-order valence-electron chi connectivity index (χ1n) is 4.82. The summed E-state index contributed by atoms with van der Waals surface area (Å²) in [5.74, 6) is -0.270. The molecular weight excluding hydrogens is 240 g/mol. The Morgan fingerprint density at radius 2 is 1.65 bits per heavy atom. The number of carbonyl (C=O) groups is 1. The van der Waals surface area contributed by atoms with Gasteiger partial charge in [-0.25, -0.2) is 8.42 Å². The molecule has 2 N–H and O–H groups in total. The third kappa shape index (κ3) is 4.69. The number of benzene rings is 1. The van der Waals surface area contributed by atoms with Crippen LogP contribution in [0.2, 0.25) is 0 Å². The second kappa shape index (κ2) is 5.01. The van der Waals surface area contributed by atoms with E-state index in [-0.39, 0.29) is 5.91 Å². The van der Waals surface area contributed by atoms with Gasteiger partial charge in [0, 0.05) is 16.9 Å². The molecule has 0 bridgehead atoms. The summed E-state index contributed by atoms with van der Waals surface area (Å²) in [6.07, 6.45) is 1.07. The van der Waals surface area contributed by atoms with Gasteiger partial charge >= 0.3 is 0 Å². The molecule has 5 nitrogen and oxygen atoms in total. The van der Waals surface area contributed by atoms with Gasteiger partial charge in [-0.3, -0.25) is 9.52 Å². The zero-order valence-electron chi connectivity index (χ0n) is 9.65. The quantitative estimate of drug-likeness (QED) is 0.801. The van der Waals surface area contributed by atoms with Crippen LogP contribution < -0.4 is 10.0 Å². The van der Waals surface area contributed by atoms with Crippen LogP contribution >= 0.6 is 0 Å². The Morgan fingerprint density at radius 1 is 1.18 bits per heavy atom. The predicted molar refractivity (Wildman–Crippen MR) is 68.4 cm³/mol. The van der Waals surface area contributed by atoms with E-state index in [0.717, 1.165) is 6.26 Å². The first-order chi connectivity index (χ1) is 7.78. The van der Waals surface area contributed by atoms with Crippen molar-refractivity contribution in [1.82, 2.24) is 0 Å². The first kappa shape index (κ1) is 13.2. The molecule has 1 aromatic carbocycles. The zero-order valence-corrected chi connectivity index (χ0v) is 10.5. The topological polar surface area (TPSA) is 75.3 Å². The Bertz CT molecular complexity index is 532. The van der Waals surface area contributed by atoms with Gasteiger partial charge in [0.25, 0.3) is 5.91 Å². The molecule has 0 aromatic heterocycles. The predicted octanol–water partition coefficient (Wildman–Crippen LogP) is 1.57. The Labute approximate surface area is 101 Å². The highest BCUT2D eigenvalue weighted by molar-refractivity contribution is 7.92. The molecular formula is C11H14N2O3S. The van der Waals surface area contributed by atoms with E-state index < -0.39 is 10.0 Å². The summed E-state index contributed by atoms with van der Waals surface area (Å²) in [7, 11) is -3.28. The molecule has 17 heavy (non-hydrogen) atoms. The van der Waals surface area contributed by atoms with E-state index in [1.807, 2.05) is 0 Å². The van der Waals surface area contributed by atoms with Gasteiger partial charge in [-0.2, -0.15) is 0 Å². The van der Waals surface area contributed by atoms with E-state index in [9.17, 15) is 13.2 Å². The van der Waals surface area contributed by atoms with Crippen molar-refractivity contribution >= 4 is 27.3 Å². The van der Waals surface area contributed by atoms with Crippen LogP contribution in [0, 0.1) is 0 Å². The Hall–Kier alpha value is -1.82. The van der Waals surface area contributed by atoms with Crippen molar-refractivity contribution in [3.63, 3.8) is 0 Å². The molecule has 0 spiro atoms. The van der Waals surface area contributed by atoms with Gasteiger partial charge in [-0.05, 0) is 31.2 Å². The van der Waals surface area contributed by atoms with E-state index in [0.29, 0.717) is 16.9 Å². The number of hydrogen-bond acceptors (Lipinski definition) is 3. The number of hydrogen-bond donors (Lipinski definition) is 2. The molecule has 0 radical (unpaired) electrons. The Morgan fingerprint density at radius 3 is 2.06 bits per heavy atom. The van der Waals surface area contributed by atoms with Crippen molar-refractivity contribution in [1.29, 1.82) is 0 Å². The normalized spacial score (nSPS) is 10.7. The van der Waals surface area contributed by atoms with Gasteiger partial charge in [0.05, 0.1) is 6.26 Å². The highest BCUT2D eigenvalue weighted by Crippen LogP contribution is 2.14. The average molecular weight is 254 g/mol. The van der Waals surface area contributed by atoms with Crippen molar-refractivity contribution < 1.29 is 13.2 Å². The summed E-state index contributed by atoms with van der Waals surface area (Å²) in [6, 6.07) is 6.34. The molecule has 0 unspecified atom stereocenters. The van der Waals surface area contributed by atoms with Crippen LogP contribution in [-0.4, -0.2) is 20.6 Å². The van der Waals surface area contributed by atoms with E-state index >= 15 is 0 Å². The molecule has 1 rings (SSSR count). The SMILES string of the molecule is C=C(C)C(=O)Nc1ccc(NS(C)(=O)=O)cc1. The van der Waals surface area contributed by atoms with Crippen molar-refractivity contribution in [3.05, 3.63) is 36.4 Å². The fraction of sp³-hybridized carbons (Fsp3) is 0.182. The van der Waals surface area contributed by atoms with Gasteiger partial charge in [0.15, 0.2) is 0 Å². The number of rotatable bonds is 4. The van der Waals surface area contributed by atoms with E-state index in [4.69, 9.17) is 0 Å². The van der Waals surface area contributed by atoms with Crippen LogP contribution in [-0.2, 0) is 14.8 Å². The third-order valence-corrected chi connectivity index (χ3v) is 2.44. The van der Waals surface area contributed by atoms with Gasteiger partial charge < -0.3 is 5.32 Å². The van der Waals surface area contributed by atoms with Gasteiger partial charge in [0.1, 0.15) is 0 Å². The minimum atomic E-state index is -3.28. The molecule has 6 heteroatoms. The monoisotopic (exact) mass is 254 g/mol. The minimum absolute atomic E-state index is 0.270. The maximum absolute atomic E-state index is 11.3. The summed E-state index contributed by atoms with van der Waals surface area (Å²) < 4.78 is 24.2. The van der Waals surface area contributed by atoms with E-state index in [2.05, 4.69) is 16.6 Å². The summed E-state index contributed by atoms with van der Waals surface area (Å²) in [4.78, 5) is 11.3. The van der Waals surface area contributed by atoms with Crippen molar-refractivity contribution in [3.8, 4) is 0 Å². The highest BCUT2D eigenvalue weighted by atomic mass is 32.2. The fourth-order valence-electron chi connectivity index (χ4n) is 1.07. The maximum Gasteiger partial charge on any atom is 0.250 e. The molecule has 1 aromatic rings. The molecule has 0 saturated heterocycles. The standard InChI is InChI=1S/C11H14N2O3S/c1-8(2)11(14)12-9-4-6-10(7-5-9)13-17(3,15)16/h4-7,13H,1H2,2-3H3,(H,12,14). The number of nitrogens with one attached hydrogen (secondary N) is 2. The van der Waals surface area contributed by atoms with Crippen molar-refractivity contribution in [2.24, 2.45) is 0 Å². The molecule has 0 aliphatic heterocycles. The van der Waals surface area contributed by atoms with Gasteiger partial charge in [-0.1, -0.05) is 6.58 Å². The summed E-state index contributed by atoms with van der Waals surface area (Å²) in [5, 5.41) is 2.62. The van der Waals surface area contributed by atoms with Crippen LogP contribution in [0.5, 0.6) is 0 Å². The van der Waals surface area contributed by atoms with E-state index in [1.165, 1.54) is 0 Å². The number of amides is 1. The number of sulfonamides is 1. The summed E-state index contributed by atoms with van der Waals surface area (Å²) in [6.45, 7) is 5.12. The van der Waals surface area contributed by atoms with Gasteiger partial charge in [-0.15, -0.1) is 0 Å². The lowest BCUT2D eigenvalue weighted by Gasteiger charge is -2.07. The molecule has 1 amide bonds. The number of carbonyl (C=O) groups excluding carboxylic acids is 1. The second-order valence-corrected chi connectivity index (χ2v) is 5.43. The molecule has 0 heterocycles. The van der Waals surface area contributed by atoms with Crippen LogP contribution in [0.25, 0.3) is 0 Å². The van der Waals surface area contributed by atoms with Crippen LogP contribution in [0.1, 0.15) is 6.92 Å². The van der Waals surface area contributed by atoms with E-state index in [1.54, 1.807) is 31.2 Å². The van der Waals surface area contributed by atoms with Crippen LogP contribution in [0.4, 0.5) is 11.4 Å². The van der Waals surface area contributed by atoms with Crippen LogP contribution in [0.15, 0.2) is 36.4 Å². The molecule has 0 aliphatic rings. The second-order valence-electron chi connectivity index (χ2n) is 3.69. The third-order valence-electron chi connectivity index (χ3n) is 1.83. The van der Waals surface area contributed by atoms with Gasteiger partial charge in [0.2, 0.25) is 10.0 Å². The number of anilines is 2. The molecule has 92 valence electrons. The average Bonchev–Trinajstić information content (AvgIpc) is 2.18. The lowest BCUT2D eigenvalue weighted by atomic mass is 10.2. The Kier molecular flexibility index (Phi) is 3.90. The summed E-state index contributed by atoms with van der Waals surface area (Å²) >= 11 is 0. The van der Waals surface area contributed by atoms with Crippen molar-refractivity contribution in [2.45, 2.75) is 6.92 Å². The van der Waals surface area contributed by atoms with Crippen LogP contribution in [0.3, 0.4) is 0 Å². The minimum Gasteiger partial charge on any atom is -0.322 e. The smallest absolute Gasteiger partial charge is 0.250 e. The fourth-order valence-corrected chi connectivity index (χ4v) is 1.64. The summed E-state index contributed by atoms with van der Waals surface area (Å²) in [5.41, 5.74) is 1.43. The molecule has 0 saturated carbocycles. The zero-order chi connectivity index (χ0) is 13.1. The highest BCUT2D eigenvalue weighted by Gasteiger charge is 2.04. The lowest BCUT2D eigenvalue weighted by Crippen LogP contribution is -2.12. The van der Waals surface area contributed by atoms with Crippen molar-refractivity contribution in [2.75, 3.05) is 16.3 Å². The first-order valence-corrected chi connectivity index (χ1v) is 6.72. The molecule has 0 atom stereocenters. The molecule has 0 fully saturated rings. The lowest BCUT2D eigenvalue weighted by molar-refractivity contribution is -0.112. The molecule has 0 aliphatic carbocycles. The largest absolute Gasteiger partial charge is 0.322 e. The maximum atomic E-state index is 11.3. The Balaban J connectivity index is 2.75.